The standard InChI is InChI=1S/C8H10.C7H18N.C6H15N.C5H13N.2CH4/c1-7-3-5-8(2)6-4-7;1-5-6-7-8(2,3)4;1-4-5-6-7(2)3;1-4-5-6(2)3;;/h3-6H,1-2H3;5-7H2,1-4H3;4-6H2,1-3H3;4-5H2,1-3H3;2*1H4/q;+1;;;;. The fourth-order valence-electron chi connectivity index (χ4n) is 2.19. The lowest BCUT2D eigenvalue weighted by Crippen LogP contribution is -2.35. The molecule has 0 radical (unpaired) electrons. The van der Waals surface area contributed by atoms with Gasteiger partial charge in [-0.25, -0.2) is 0 Å². The molecule has 3 heteroatoms. The van der Waals surface area contributed by atoms with Crippen LogP contribution in [-0.4, -0.2) is 83.3 Å². The number of hydrogen-bond acceptors (Lipinski definition) is 2. The maximum atomic E-state index is 2.23. The Morgan fingerprint density at radius 2 is 0.968 bits per heavy atom. The first-order chi connectivity index (χ1) is 13.4. The minimum absolute atomic E-state index is 0. The summed E-state index contributed by atoms with van der Waals surface area (Å²) in [6, 6.07) is 8.48. The molecule has 0 fully saturated rings. The van der Waals surface area contributed by atoms with Gasteiger partial charge in [0.15, 0.2) is 0 Å². The van der Waals surface area contributed by atoms with Crippen molar-refractivity contribution >= 4 is 0 Å². The average Bonchev–Trinajstić information content (AvgIpc) is 2.61. The fraction of sp³-hybridized carbons (Fsp3) is 0.786. The molecular formula is C28H64N3+. The Balaban J connectivity index is -0.0000000955. The van der Waals surface area contributed by atoms with Crippen molar-refractivity contribution in [3.8, 4) is 0 Å². The Morgan fingerprint density at radius 1 is 0.613 bits per heavy atom. The van der Waals surface area contributed by atoms with Crippen LogP contribution < -0.4 is 0 Å². The predicted octanol–water partition coefficient (Wildman–Crippen LogP) is 7.37. The number of quaternary nitrogens is 1. The van der Waals surface area contributed by atoms with E-state index in [1.165, 1.54) is 62.9 Å². The summed E-state index contributed by atoms with van der Waals surface area (Å²) in [7, 11) is 15.1. The summed E-state index contributed by atoms with van der Waals surface area (Å²) in [5.74, 6) is 0. The Labute approximate surface area is 200 Å². The van der Waals surface area contributed by atoms with E-state index in [4.69, 9.17) is 0 Å². The lowest BCUT2D eigenvalue weighted by molar-refractivity contribution is -0.870. The van der Waals surface area contributed by atoms with Crippen LogP contribution >= 0.6 is 0 Å². The third kappa shape index (κ3) is 48.0. The van der Waals surface area contributed by atoms with Gasteiger partial charge >= 0.3 is 0 Å². The first kappa shape index (κ1) is 40.5. The molecule has 1 aromatic rings. The number of nitrogens with zero attached hydrogens (tertiary/aromatic N) is 3. The normalized spacial score (nSPS) is 9.74. The van der Waals surface area contributed by atoms with Gasteiger partial charge in [-0.1, -0.05) is 83.9 Å². The Kier molecular flexibility index (Phi) is 35.4. The Bertz CT molecular complexity index is 396. The highest BCUT2D eigenvalue weighted by Crippen LogP contribution is 1.99. The lowest BCUT2D eigenvalue weighted by Gasteiger charge is -2.23. The molecule has 1 rings (SSSR count). The van der Waals surface area contributed by atoms with Crippen molar-refractivity contribution < 1.29 is 4.48 Å². The zero-order chi connectivity index (χ0) is 23.3. The summed E-state index contributed by atoms with van der Waals surface area (Å²) < 4.78 is 1.10. The molecule has 0 unspecified atom stereocenters. The van der Waals surface area contributed by atoms with Gasteiger partial charge in [-0.15, -0.1) is 0 Å². The second-order valence-electron chi connectivity index (χ2n) is 9.48. The molecule has 0 spiro atoms. The smallest absolute Gasteiger partial charge is 0.0780 e. The minimum atomic E-state index is 0. The zero-order valence-corrected chi connectivity index (χ0v) is 22.3. The number of benzene rings is 1. The molecule has 31 heavy (non-hydrogen) atoms. The highest BCUT2D eigenvalue weighted by atomic mass is 15.3. The largest absolute Gasteiger partial charge is 0.331 e. The van der Waals surface area contributed by atoms with Crippen molar-refractivity contribution in [3.05, 3.63) is 35.4 Å². The van der Waals surface area contributed by atoms with Crippen LogP contribution in [0.25, 0.3) is 0 Å². The van der Waals surface area contributed by atoms with Crippen LogP contribution in [0, 0.1) is 13.8 Å². The Hall–Kier alpha value is -0.900. The number of aryl methyl sites for hydroxylation is 2. The van der Waals surface area contributed by atoms with Crippen LogP contribution in [-0.2, 0) is 0 Å². The van der Waals surface area contributed by atoms with Gasteiger partial charge in [0, 0.05) is 0 Å². The molecule has 0 aliphatic heterocycles. The number of unbranched alkanes of at least 4 members (excludes halogenated alkanes) is 2. The van der Waals surface area contributed by atoms with Gasteiger partial charge in [0.1, 0.15) is 0 Å². The lowest BCUT2D eigenvalue weighted by atomic mass is 10.2. The Morgan fingerprint density at radius 3 is 1.10 bits per heavy atom. The molecule has 0 saturated carbocycles. The van der Waals surface area contributed by atoms with Gasteiger partial charge in [-0.3, -0.25) is 0 Å². The van der Waals surface area contributed by atoms with Crippen molar-refractivity contribution in [1.29, 1.82) is 0 Å². The zero-order valence-electron chi connectivity index (χ0n) is 22.3. The molecule has 0 aliphatic rings. The average molecular weight is 443 g/mol. The van der Waals surface area contributed by atoms with Crippen LogP contribution in [0.3, 0.4) is 0 Å². The summed E-state index contributed by atoms with van der Waals surface area (Å²) >= 11 is 0. The molecule has 0 atom stereocenters. The van der Waals surface area contributed by atoms with E-state index < -0.39 is 0 Å². The van der Waals surface area contributed by atoms with E-state index in [0.29, 0.717) is 0 Å². The summed E-state index contributed by atoms with van der Waals surface area (Å²) in [6.07, 6.45) is 6.55. The van der Waals surface area contributed by atoms with Gasteiger partial charge in [-0.05, 0) is 74.4 Å². The van der Waals surface area contributed by atoms with E-state index >= 15 is 0 Å². The molecule has 190 valence electrons. The van der Waals surface area contributed by atoms with Crippen LogP contribution in [0.4, 0.5) is 0 Å². The summed E-state index contributed by atoms with van der Waals surface area (Å²) in [5.41, 5.74) is 2.66. The monoisotopic (exact) mass is 443 g/mol. The van der Waals surface area contributed by atoms with Gasteiger partial charge in [-0.2, -0.15) is 0 Å². The van der Waals surface area contributed by atoms with Gasteiger partial charge in [0.05, 0.1) is 27.7 Å². The second kappa shape index (κ2) is 27.1. The third-order valence-electron chi connectivity index (χ3n) is 4.03. The predicted molar refractivity (Wildman–Crippen MR) is 149 cm³/mol. The van der Waals surface area contributed by atoms with Crippen molar-refractivity contribution in [3.63, 3.8) is 0 Å². The molecular weight excluding hydrogens is 378 g/mol. The molecule has 3 nitrogen and oxygen atoms in total. The molecule has 1 aromatic carbocycles. The van der Waals surface area contributed by atoms with Crippen molar-refractivity contribution in [2.24, 2.45) is 0 Å². The molecule has 0 N–H and O–H groups in total. The molecule has 0 aliphatic carbocycles. The van der Waals surface area contributed by atoms with Crippen LogP contribution in [0.1, 0.15) is 78.9 Å². The second-order valence-corrected chi connectivity index (χ2v) is 9.48. The quantitative estimate of drug-likeness (QED) is 0.388. The van der Waals surface area contributed by atoms with Gasteiger partial charge in [0.2, 0.25) is 0 Å². The van der Waals surface area contributed by atoms with Crippen LogP contribution in [0.5, 0.6) is 0 Å². The molecule has 0 saturated heterocycles. The third-order valence-corrected chi connectivity index (χ3v) is 4.03. The summed E-state index contributed by atoms with van der Waals surface area (Å²) in [5, 5.41) is 0. The SMILES string of the molecule is C.C.CCCCN(C)C.CCCC[N+](C)(C)C.CCCN(C)C.Cc1ccc(C)cc1. The van der Waals surface area contributed by atoms with E-state index in [9.17, 15) is 0 Å². The van der Waals surface area contributed by atoms with E-state index in [2.05, 4.69) is 118 Å². The number of rotatable bonds is 8. The highest BCUT2D eigenvalue weighted by Gasteiger charge is 2.02. The number of hydrogen-bond donors (Lipinski definition) is 0. The highest BCUT2D eigenvalue weighted by molar-refractivity contribution is 5.19. The van der Waals surface area contributed by atoms with E-state index in [1.54, 1.807) is 0 Å². The molecule has 0 aromatic heterocycles. The maximum Gasteiger partial charge on any atom is 0.0780 e. The van der Waals surface area contributed by atoms with Crippen LogP contribution in [0.2, 0.25) is 0 Å². The van der Waals surface area contributed by atoms with Gasteiger partial charge in [0.25, 0.3) is 0 Å². The molecule has 0 amide bonds. The van der Waals surface area contributed by atoms with E-state index in [0.717, 1.165) is 4.48 Å². The first-order valence-corrected chi connectivity index (χ1v) is 11.5. The fourth-order valence-corrected chi connectivity index (χ4v) is 2.19. The van der Waals surface area contributed by atoms with Gasteiger partial charge < -0.3 is 14.3 Å². The van der Waals surface area contributed by atoms with Crippen molar-refractivity contribution in [2.75, 3.05) is 69.0 Å². The van der Waals surface area contributed by atoms with Crippen LogP contribution in [0.15, 0.2) is 24.3 Å². The summed E-state index contributed by atoms with van der Waals surface area (Å²) in [6.45, 7) is 14.6. The van der Waals surface area contributed by atoms with E-state index in [1.807, 2.05) is 0 Å². The van der Waals surface area contributed by atoms with Crippen molar-refractivity contribution in [1.82, 2.24) is 9.80 Å². The summed E-state index contributed by atoms with van der Waals surface area (Å²) in [4.78, 5) is 4.39. The van der Waals surface area contributed by atoms with Crippen molar-refractivity contribution in [2.45, 2.75) is 81.6 Å². The topological polar surface area (TPSA) is 6.48 Å². The molecule has 0 bridgehead atoms. The van der Waals surface area contributed by atoms with E-state index in [-0.39, 0.29) is 14.9 Å². The molecule has 0 heterocycles. The maximum absolute atomic E-state index is 2.23. The minimum Gasteiger partial charge on any atom is -0.331 e. The first-order valence-electron chi connectivity index (χ1n) is 11.5.